The van der Waals surface area contributed by atoms with Crippen molar-refractivity contribution in [3.63, 3.8) is 0 Å². The molecule has 4 N–H and O–H groups in total. The van der Waals surface area contributed by atoms with E-state index in [4.69, 9.17) is 15.1 Å². The summed E-state index contributed by atoms with van der Waals surface area (Å²) in [6.45, 7) is 0.831. The first-order valence-corrected chi connectivity index (χ1v) is 6.44. The molecular formula is C10H16N2O5S. The van der Waals surface area contributed by atoms with Gasteiger partial charge in [-0.15, -0.1) is 11.8 Å². The molecule has 1 rings (SSSR count). The van der Waals surface area contributed by atoms with Crippen LogP contribution in [0, 0.1) is 11.3 Å². The molecule has 5 atom stereocenters. The summed E-state index contributed by atoms with van der Waals surface area (Å²) in [7, 11) is 0. The molecule has 0 aromatic carbocycles. The number of aliphatic hydroxyl groups is 3. The van der Waals surface area contributed by atoms with Crippen molar-refractivity contribution in [2.75, 3.05) is 12.4 Å². The predicted molar refractivity (Wildman–Crippen MR) is 63.4 cm³/mol. The van der Waals surface area contributed by atoms with E-state index >= 15 is 0 Å². The lowest BCUT2D eigenvalue weighted by Crippen LogP contribution is -2.63. The Kier molecular flexibility index (Phi) is 5.84. The van der Waals surface area contributed by atoms with Crippen molar-refractivity contribution in [2.45, 2.75) is 36.7 Å². The van der Waals surface area contributed by atoms with E-state index < -0.39 is 36.4 Å². The fourth-order valence-corrected chi connectivity index (χ4v) is 2.63. The van der Waals surface area contributed by atoms with Crippen molar-refractivity contribution < 1.29 is 24.9 Å². The van der Waals surface area contributed by atoms with Crippen LogP contribution in [0.15, 0.2) is 0 Å². The third kappa shape index (κ3) is 3.57. The molecule has 0 spiro atoms. The number of ether oxygens (including phenoxy) is 1. The van der Waals surface area contributed by atoms with E-state index in [0.717, 1.165) is 11.8 Å². The summed E-state index contributed by atoms with van der Waals surface area (Å²) < 4.78 is 5.37. The number of carbonyl (C=O) groups excluding carboxylic acids is 1. The second-order valence-electron chi connectivity index (χ2n) is 3.90. The highest BCUT2D eigenvalue weighted by molar-refractivity contribution is 8.00. The van der Waals surface area contributed by atoms with Gasteiger partial charge in [0.15, 0.2) is 0 Å². The number of rotatable bonds is 4. The number of nitriles is 1. The van der Waals surface area contributed by atoms with Crippen LogP contribution in [0.1, 0.15) is 6.92 Å². The first-order chi connectivity index (χ1) is 8.51. The minimum atomic E-state index is -1.29. The Morgan fingerprint density at radius 2 is 2.17 bits per heavy atom. The molecule has 0 bridgehead atoms. The maximum Gasteiger partial charge on any atom is 0.217 e. The topological polar surface area (TPSA) is 123 Å². The van der Waals surface area contributed by atoms with Gasteiger partial charge in [-0.2, -0.15) is 5.26 Å². The number of thioether (sulfide) groups is 1. The zero-order valence-corrected chi connectivity index (χ0v) is 10.6. The summed E-state index contributed by atoms with van der Waals surface area (Å²) in [4.78, 5) is 11.1. The van der Waals surface area contributed by atoms with Crippen LogP contribution in [-0.2, 0) is 9.53 Å². The molecule has 0 unspecified atom stereocenters. The molecule has 1 fully saturated rings. The van der Waals surface area contributed by atoms with Gasteiger partial charge in [-0.05, 0) is 0 Å². The van der Waals surface area contributed by atoms with Crippen molar-refractivity contribution >= 4 is 17.7 Å². The van der Waals surface area contributed by atoms with Gasteiger partial charge in [-0.1, -0.05) is 0 Å². The quantitative estimate of drug-likeness (QED) is 0.477. The van der Waals surface area contributed by atoms with Crippen LogP contribution in [0.3, 0.4) is 0 Å². The van der Waals surface area contributed by atoms with E-state index in [1.165, 1.54) is 6.92 Å². The Morgan fingerprint density at radius 1 is 1.50 bits per heavy atom. The van der Waals surface area contributed by atoms with E-state index in [9.17, 15) is 15.0 Å². The summed E-state index contributed by atoms with van der Waals surface area (Å²) in [6, 6.07) is 1.09. The lowest BCUT2D eigenvalue weighted by Gasteiger charge is -2.42. The van der Waals surface area contributed by atoms with Gasteiger partial charge in [0.05, 0.1) is 24.5 Å². The third-order valence-corrected chi connectivity index (χ3v) is 3.59. The van der Waals surface area contributed by atoms with Crippen molar-refractivity contribution in [1.82, 2.24) is 5.32 Å². The van der Waals surface area contributed by atoms with Crippen LogP contribution in [0.5, 0.6) is 0 Å². The van der Waals surface area contributed by atoms with E-state index in [2.05, 4.69) is 5.32 Å². The Bertz CT molecular complexity index is 335. The number of nitrogens with zero attached hydrogens (tertiary/aromatic N) is 1. The van der Waals surface area contributed by atoms with E-state index in [0.29, 0.717) is 0 Å². The maximum atomic E-state index is 11.1. The molecule has 1 aliphatic rings. The molecule has 102 valence electrons. The molecule has 0 saturated carbocycles. The SMILES string of the molecule is CC(=O)N[C@@H]1[C@@H](O)[C@H](O)[C@@H](CO)O[C@H]1SCC#N. The fourth-order valence-electron chi connectivity index (χ4n) is 1.73. The van der Waals surface area contributed by atoms with Crippen LogP contribution < -0.4 is 5.32 Å². The molecule has 0 aromatic rings. The monoisotopic (exact) mass is 276 g/mol. The first kappa shape index (κ1) is 15.2. The van der Waals surface area contributed by atoms with Crippen LogP contribution >= 0.6 is 11.8 Å². The van der Waals surface area contributed by atoms with Crippen LogP contribution in [0.4, 0.5) is 0 Å². The third-order valence-electron chi connectivity index (χ3n) is 2.56. The standard InChI is InChI=1S/C10H16N2O5S/c1-5(14)12-7-9(16)8(15)6(4-13)17-10(7)18-3-2-11/h6-10,13,15-16H,3-4H2,1H3,(H,12,14)/t6-,7-,8-,9-,10+/m1/s1. The van der Waals surface area contributed by atoms with E-state index in [1.54, 1.807) is 0 Å². The fraction of sp³-hybridized carbons (Fsp3) is 0.800. The summed E-state index contributed by atoms with van der Waals surface area (Å²) in [6.07, 6.45) is -3.47. The molecule has 18 heavy (non-hydrogen) atoms. The Hall–Kier alpha value is -0.850. The number of amides is 1. The number of nitrogens with one attached hydrogen (secondary N) is 1. The van der Waals surface area contributed by atoms with Gasteiger partial charge in [0.25, 0.3) is 0 Å². The van der Waals surface area contributed by atoms with Gasteiger partial charge in [0.2, 0.25) is 5.91 Å². The highest BCUT2D eigenvalue weighted by atomic mass is 32.2. The second-order valence-corrected chi connectivity index (χ2v) is 4.99. The summed E-state index contributed by atoms with van der Waals surface area (Å²) in [5, 5.41) is 39.7. The zero-order valence-electron chi connectivity index (χ0n) is 9.81. The van der Waals surface area contributed by atoms with Crippen molar-refractivity contribution in [3.8, 4) is 6.07 Å². The van der Waals surface area contributed by atoms with Crippen molar-refractivity contribution in [1.29, 1.82) is 5.26 Å². The molecule has 1 aliphatic heterocycles. The molecule has 1 saturated heterocycles. The number of carbonyl (C=O) groups is 1. The average molecular weight is 276 g/mol. The normalized spacial score (nSPS) is 35.8. The molecule has 8 heteroatoms. The summed E-state index contributed by atoms with van der Waals surface area (Å²) >= 11 is 1.09. The molecular weight excluding hydrogens is 260 g/mol. The van der Waals surface area contributed by atoms with Crippen LogP contribution in [0.2, 0.25) is 0 Å². The molecule has 0 radical (unpaired) electrons. The largest absolute Gasteiger partial charge is 0.394 e. The number of aliphatic hydroxyl groups excluding tert-OH is 3. The molecule has 0 aliphatic carbocycles. The van der Waals surface area contributed by atoms with Crippen molar-refractivity contribution in [3.05, 3.63) is 0 Å². The van der Waals surface area contributed by atoms with Gasteiger partial charge < -0.3 is 25.4 Å². The van der Waals surface area contributed by atoms with Crippen LogP contribution in [-0.4, -0.2) is 63.4 Å². The van der Waals surface area contributed by atoms with E-state index in [-0.39, 0.29) is 11.7 Å². The predicted octanol–water partition coefficient (Wildman–Crippen LogP) is -1.81. The second kappa shape index (κ2) is 6.92. The zero-order chi connectivity index (χ0) is 13.7. The van der Waals surface area contributed by atoms with Gasteiger partial charge in [-0.3, -0.25) is 4.79 Å². The minimum absolute atomic E-state index is 0.113. The number of hydrogen-bond donors (Lipinski definition) is 4. The first-order valence-electron chi connectivity index (χ1n) is 5.39. The van der Waals surface area contributed by atoms with Gasteiger partial charge in [-0.25, -0.2) is 0 Å². The summed E-state index contributed by atoms with van der Waals surface area (Å²) in [5.41, 5.74) is -0.691. The minimum Gasteiger partial charge on any atom is -0.394 e. The summed E-state index contributed by atoms with van der Waals surface area (Å²) in [5.74, 6) is -0.262. The lowest BCUT2D eigenvalue weighted by molar-refractivity contribution is -0.173. The highest BCUT2D eigenvalue weighted by Gasteiger charge is 2.44. The van der Waals surface area contributed by atoms with Crippen LogP contribution in [0.25, 0.3) is 0 Å². The van der Waals surface area contributed by atoms with Gasteiger partial charge in [0.1, 0.15) is 23.7 Å². The number of hydrogen-bond acceptors (Lipinski definition) is 7. The van der Waals surface area contributed by atoms with Crippen molar-refractivity contribution in [2.24, 2.45) is 0 Å². The molecule has 1 amide bonds. The highest BCUT2D eigenvalue weighted by Crippen LogP contribution is 2.28. The Balaban J connectivity index is 2.80. The smallest absolute Gasteiger partial charge is 0.217 e. The average Bonchev–Trinajstić information content (AvgIpc) is 2.33. The molecule has 0 aromatic heterocycles. The molecule has 1 heterocycles. The van der Waals surface area contributed by atoms with E-state index in [1.807, 2.05) is 6.07 Å². The maximum absolute atomic E-state index is 11.1. The molecule has 7 nitrogen and oxygen atoms in total. The van der Waals surface area contributed by atoms with Gasteiger partial charge in [0, 0.05) is 6.92 Å². The Morgan fingerprint density at radius 3 is 2.67 bits per heavy atom. The lowest BCUT2D eigenvalue weighted by atomic mass is 9.98. The Labute approximate surface area is 109 Å². The van der Waals surface area contributed by atoms with Gasteiger partial charge >= 0.3 is 0 Å².